The maximum atomic E-state index is 5.91. The Kier molecular flexibility index (Phi) is 3.90. The van der Waals surface area contributed by atoms with Crippen molar-refractivity contribution in [2.75, 3.05) is 0 Å². The average molecular weight is 232 g/mol. The molecule has 0 radical (unpaired) electrons. The molecule has 2 heterocycles. The minimum absolute atomic E-state index is 0.125. The van der Waals surface area contributed by atoms with Gasteiger partial charge in [0, 0.05) is 12.2 Å². The third-order valence-corrected chi connectivity index (χ3v) is 2.44. The fourth-order valence-corrected chi connectivity index (χ4v) is 1.62. The second kappa shape index (κ2) is 5.61. The number of furan rings is 1. The zero-order chi connectivity index (χ0) is 12.1. The van der Waals surface area contributed by atoms with Crippen LogP contribution in [-0.4, -0.2) is 11.0 Å². The predicted octanol–water partition coefficient (Wildman–Crippen LogP) is 2.28. The summed E-state index contributed by atoms with van der Waals surface area (Å²) in [6, 6.07) is 9.29. The smallest absolute Gasteiger partial charge is 0.129 e. The van der Waals surface area contributed by atoms with Crippen molar-refractivity contribution in [1.82, 2.24) is 4.98 Å². The zero-order valence-electron chi connectivity index (χ0n) is 9.74. The molecule has 0 aliphatic heterocycles. The van der Waals surface area contributed by atoms with Crippen LogP contribution in [-0.2, 0) is 11.3 Å². The van der Waals surface area contributed by atoms with E-state index in [1.165, 1.54) is 0 Å². The van der Waals surface area contributed by atoms with Gasteiger partial charge in [-0.1, -0.05) is 6.07 Å². The molecular formula is C13H16N2O2. The normalized spacial score (nSPS) is 14.5. The molecule has 0 aliphatic carbocycles. The summed E-state index contributed by atoms with van der Waals surface area (Å²) in [6.45, 7) is 2.30. The standard InChI is InChI=1S/C13H16N2O2/c1-10(14)13(12-6-2-3-7-15-12)17-9-11-5-4-8-16-11/h2-8,10,13H,9,14H2,1H3. The minimum atomic E-state index is -0.221. The maximum Gasteiger partial charge on any atom is 0.129 e. The number of hydrogen-bond donors (Lipinski definition) is 1. The van der Waals surface area contributed by atoms with Crippen molar-refractivity contribution < 1.29 is 9.15 Å². The van der Waals surface area contributed by atoms with Crippen LogP contribution in [0.15, 0.2) is 47.2 Å². The highest BCUT2D eigenvalue weighted by molar-refractivity contribution is 5.09. The van der Waals surface area contributed by atoms with Gasteiger partial charge in [-0.15, -0.1) is 0 Å². The van der Waals surface area contributed by atoms with Crippen LogP contribution >= 0.6 is 0 Å². The number of rotatable bonds is 5. The van der Waals surface area contributed by atoms with Crippen molar-refractivity contribution in [2.45, 2.75) is 25.7 Å². The molecule has 2 rings (SSSR count). The molecule has 0 saturated carbocycles. The number of pyridine rings is 1. The van der Waals surface area contributed by atoms with Gasteiger partial charge in [0.1, 0.15) is 18.5 Å². The van der Waals surface area contributed by atoms with Gasteiger partial charge in [-0.3, -0.25) is 4.98 Å². The van der Waals surface area contributed by atoms with E-state index in [-0.39, 0.29) is 12.1 Å². The molecule has 90 valence electrons. The summed E-state index contributed by atoms with van der Waals surface area (Å²) in [5.41, 5.74) is 6.75. The van der Waals surface area contributed by atoms with Crippen molar-refractivity contribution >= 4 is 0 Å². The van der Waals surface area contributed by atoms with Crippen LogP contribution in [0.5, 0.6) is 0 Å². The van der Waals surface area contributed by atoms with Gasteiger partial charge in [-0.05, 0) is 31.2 Å². The molecule has 0 aliphatic rings. The SMILES string of the molecule is CC(N)C(OCc1ccco1)c1ccccn1. The first kappa shape index (κ1) is 11.8. The lowest BCUT2D eigenvalue weighted by Gasteiger charge is -2.20. The van der Waals surface area contributed by atoms with E-state index in [2.05, 4.69) is 4.98 Å². The van der Waals surface area contributed by atoms with Gasteiger partial charge in [0.25, 0.3) is 0 Å². The topological polar surface area (TPSA) is 61.3 Å². The third-order valence-electron chi connectivity index (χ3n) is 2.44. The van der Waals surface area contributed by atoms with Crippen molar-refractivity contribution in [2.24, 2.45) is 5.73 Å². The molecule has 2 aromatic heterocycles. The van der Waals surface area contributed by atoms with Crippen LogP contribution < -0.4 is 5.73 Å². The van der Waals surface area contributed by atoms with Crippen molar-refractivity contribution in [3.63, 3.8) is 0 Å². The summed E-state index contributed by atoms with van der Waals surface area (Å²) in [5, 5.41) is 0. The van der Waals surface area contributed by atoms with Crippen LogP contribution in [0.4, 0.5) is 0 Å². The van der Waals surface area contributed by atoms with E-state index in [4.69, 9.17) is 14.9 Å². The molecule has 4 nitrogen and oxygen atoms in total. The molecule has 0 aromatic carbocycles. The molecule has 2 aromatic rings. The van der Waals surface area contributed by atoms with Gasteiger partial charge in [0.15, 0.2) is 0 Å². The highest BCUT2D eigenvalue weighted by Gasteiger charge is 2.18. The average Bonchev–Trinajstić information content (AvgIpc) is 2.83. The number of aromatic nitrogens is 1. The van der Waals surface area contributed by atoms with E-state index in [0.717, 1.165) is 11.5 Å². The lowest BCUT2D eigenvalue weighted by Crippen LogP contribution is -2.27. The molecule has 2 N–H and O–H groups in total. The van der Waals surface area contributed by atoms with E-state index >= 15 is 0 Å². The summed E-state index contributed by atoms with van der Waals surface area (Å²) >= 11 is 0. The largest absolute Gasteiger partial charge is 0.467 e. The molecule has 0 bridgehead atoms. The number of nitrogens with zero attached hydrogens (tertiary/aromatic N) is 1. The Morgan fingerprint density at radius 2 is 2.24 bits per heavy atom. The van der Waals surface area contributed by atoms with Crippen molar-refractivity contribution in [3.05, 3.63) is 54.2 Å². The first-order valence-electron chi connectivity index (χ1n) is 5.58. The monoisotopic (exact) mass is 232 g/mol. The molecule has 0 spiro atoms. The molecule has 2 unspecified atom stereocenters. The number of ether oxygens (including phenoxy) is 1. The second-order valence-corrected chi connectivity index (χ2v) is 3.92. The summed E-state index contributed by atoms with van der Waals surface area (Å²) < 4.78 is 11.0. The third kappa shape index (κ3) is 3.15. The van der Waals surface area contributed by atoms with Crippen LogP contribution in [0.2, 0.25) is 0 Å². The Labute approximate surface area is 100 Å². The Balaban J connectivity index is 2.03. The van der Waals surface area contributed by atoms with E-state index < -0.39 is 0 Å². The predicted molar refractivity (Wildman–Crippen MR) is 64.1 cm³/mol. The van der Waals surface area contributed by atoms with Gasteiger partial charge < -0.3 is 14.9 Å². The van der Waals surface area contributed by atoms with Gasteiger partial charge >= 0.3 is 0 Å². The van der Waals surface area contributed by atoms with Crippen LogP contribution in [0, 0.1) is 0 Å². The van der Waals surface area contributed by atoms with E-state index in [0.29, 0.717) is 6.61 Å². The molecule has 17 heavy (non-hydrogen) atoms. The van der Waals surface area contributed by atoms with E-state index in [1.54, 1.807) is 12.5 Å². The zero-order valence-corrected chi connectivity index (χ0v) is 9.74. The lowest BCUT2D eigenvalue weighted by molar-refractivity contribution is 0.0144. The molecule has 0 saturated heterocycles. The summed E-state index contributed by atoms with van der Waals surface area (Å²) in [6.07, 6.45) is 3.14. The van der Waals surface area contributed by atoms with Crippen LogP contribution in [0.25, 0.3) is 0 Å². The highest BCUT2D eigenvalue weighted by Crippen LogP contribution is 2.19. The highest BCUT2D eigenvalue weighted by atomic mass is 16.5. The fourth-order valence-electron chi connectivity index (χ4n) is 1.62. The van der Waals surface area contributed by atoms with Crippen molar-refractivity contribution in [3.8, 4) is 0 Å². The maximum absolute atomic E-state index is 5.91. The minimum Gasteiger partial charge on any atom is -0.467 e. The summed E-state index contributed by atoms with van der Waals surface area (Å²) in [5.74, 6) is 0.784. The summed E-state index contributed by atoms with van der Waals surface area (Å²) in [4.78, 5) is 4.26. The first-order valence-corrected chi connectivity index (χ1v) is 5.58. The number of nitrogens with two attached hydrogens (primary N) is 1. The molecular weight excluding hydrogens is 216 g/mol. The summed E-state index contributed by atoms with van der Waals surface area (Å²) in [7, 11) is 0. The number of hydrogen-bond acceptors (Lipinski definition) is 4. The van der Waals surface area contributed by atoms with Crippen molar-refractivity contribution in [1.29, 1.82) is 0 Å². The van der Waals surface area contributed by atoms with E-state index in [9.17, 15) is 0 Å². The van der Waals surface area contributed by atoms with Crippen LogP contribution in [0.3, 0.4) is 0 Å². The Morgan fingerprint density at radius 3 is 2.82 bits per heavy atom. The lowest BCUT2D eigenvalue weighted by atomic mass is 10.1. The van der Waals surface area contributed by atoms with E-state index in [1.807, 2.05) is 37.3 Å². The molecule has 2 atom stereocenters. The van der Waals surface area contributed by atoms with Gasteiger partial charge in [-0.25, -0.2) is 0 Å². The van der Waals surface area contributed by atoms with Gasteiger partial charge in [0.2, 0.25) is 0 Å². The second-order valence-electron chi connectivity index (χ2n) is 3.92. The van der Waals surface area contributed by atoms with Gasteiger partial charge in [-0.2, -0.15) is 0 Å². The molecule has 0 amide bonds. The quantitative estimate of drug-likeness (QED) is 0.859. The first-order chi connectivity index (χ1) is 8.27. The van der Waals surface area contributed by atoms with Gasteiger partial charge in [0.05, 0.1) is 12.0 Å². The molecule has 0 fully saturated rings. The Bertz CT molecular complexity index is 426. The Hall–Kier alpha value is -1.65. The van der Waals surface area contributed by atoms with Crippen LogP contribution in [0.1, 0.15) is 24.5 Å². The molecule has 4 heteroatoms. The fraction of sp³-hybridized carbons (Fsp3) is 0.308. The Morgan fingerprint density at radius 1 is 1.35 bits per heavy atom.